The lowest BCUT2D eigenvalue weighted by Crippen LogP contribution is -2.20. The van der Waals surface area contributed by atoms with Crippen LogP contribution in [0.1, 0.15) is 32.1 Å². The molecule has 0 amide bonds. The second-order valence-corrected chi connectivity index (χ2v) is 5.79. The van der Waals surface area contributed by atoms with Crippen LogP contribution >= 0.6 is 11.3 Å². The third-order valence-electron chi connectivity index (χ3n) is 2.12. The molecule has 1 aromatic heterocycles. The summed E-state index contributed by atoms with van der Waals surface area (Å²) in [7, 11) is 0. The summed E-state index contributed by atoms with van der Waals surface area (Å²) >= 11 is 1.72. The van der Waals surface area contributed by atoms with Crippen molar-refractivity contribution in [2.24, 2.45) is 5.41 Å². The molecule has 0 spiro atoms. The van der Waals surface area contributed by atoms with E-state index in [1.807, 2.05) is 11.4 Å². The van der Waals surface area contributed by atoms with Crippen molar-refractivity contribution in [2.75, 3.05) is 12.3 Å². The van der Waals surface area contributed by atoms with Crippen molar-refractivity contribution in [3.05, 3.63) is 16.3 Å². The van der Waals surface area contributed by atoms with Gasteiger partial charge in [-0.2, -0.15) is 0 Å². The van der Waals surface area contributed by atoms with Crippen LogP contribution < -0.4 is 11.1 Å². The Morgan fingerprint density at radius 2 is 2.14 bits per heavy atom. The smallest absolute Gasteiger partial charge is 0.0468 e. The average molecular weight is 212 g/mol. The fraction of sp³-hybridized carbons (Fsp3) is 0.636. The van der Waals surface area contributed by atoms with Gasteiger partial charge < -0.3 is 11.1 Å². The molecule has 0 radical (unpaired) electrons. The molecular formula is C11H20N2S. The number of hydrogen-bond acceptors (Lipinski definition) is 3. The zero-order valence-electron chi connectivity index (χ0n) is 9.26. The molecule has 0 saturated carbocycles. The predicted molar refractivity (Wildman–Crippen MR) is 64.5 cm³/mol. The summed E-state index contributed by atoms with van der Waals surface area (Å²) in [4.78, 5) is 1.25. The maximum atomic E-state index is 5.78. The Kier molecular flexibility index (Phi) is 3.96. The van der Waals surface area contributed by atoms with Gasteiger partial charge in [0.15, 0.2) is 0 Å². The average Bonchev–Trinajstić information content (AvgIpc) is 2.44. The Bertz CT molecular complexity index is 273. The normalized spacial score (nSPS) is 11.9. The van der Waals surface area contributed by atoms with E-state index in [0.29, 0.717) is 5.41 Å². The number of anilines is 1. The topological polar surface area (TPSA) is 38.0 Å². The van der Waals surface area contributed by atoms with Crippen molar-refractivity contribution in [3.63, 3.8) is 0 Å². The van der Waals surface area contributed by atoms with Gasteiger partial charge in [-0.25, -0.2) is 0 Å². The lowest BCUT2D eigenvalue weighted by Gasteiger charge is -2.17. The molecule has 0 aliphatic rings. The molecule has 80 valence electrons. The van der Waals surface area contributed by atoms with Crippen LogP contribution in [-0.2, 0) is 6.54 Å². The second kappa shape index (κ2) is 4.80. The lowest BCUT2D eigenvalue weighted by atomic mass is 9.92. The van der Waals surface area contributed by atoms with Crippen molar-refractivity contribution >= 4 is 17.0 Å². The van der Waals surface area contributed by atoms with Gasteiger partial charge in [-0.3, -0.25) is 0 Å². The fourth-order valence-electron chi connectivity index (χ4n) is 1.16. The monoisotopic (exact) mass is 212 g/mol. The van der Waals surface area contributed by atoms with Crippen LogP contribution in [0.5, 0.6) is 0 Å². The molecule has 1 heterocycles. The molecule has 0 fully saturated rings. The van der Waals surface area contributed by atoms with Gasteiger partial charge in [-0.15, -0.1) is 11.3 Å². The van der Waals surface area contributed by atoms with Crippen molar-refractivity contribution in [3.8, 4) is 0 Å². The Morgan fingerprint density at radius 3 is 2.64 bits per heavy atom. The van der Waals surface area contributed by atoms with Crippen molar-refractivity contribution in [1.82, 2.24) is 5.32 Å². The van der Waals surface area contributed by atoms with Crippen molar-refractivity contribution < 1.29 is 0 Å². The molecule has 2 nitrogen and oxygen atoms in total. The summed E-state index contributed by atoms with van der Waals surface area (Å²) in [6.07, 6.45) is 1.19. The minimum atomic E-state index is 0.411. The Morgan fingerprint density at radius 1 is 1.43 bits per heavy atom. The first-order valence-electron chi connectivity index (χ1n) is 5.01. The highest BCUT2D eigenvalue weighted by Crippen LogP contribution is 2.19. The van der Waals surface area contributed by atoms with E-state index in [2.05, 4.69) is 26.1 Å². The zero-order valence-corrected chi connectivity index (χ0v) is 10.1. The van der Waals surface area contributed by atoms with Crippen LogP contribution in [0.15, 0.2) is 11.4 Å². The summed E-state index contributed by atoms with van der Waals surface area (Å²) in [5.74, 6) is 0. The van der Waals surface area contributed by atoms with Crippen LogP contribution in [-0.4, -0.2) is 6.54 Å². The van der Waals surface area contributed by atoms with E-state index in [1.54, 1.807) is 11.3 Å². The van der Waals surface area contributed by atoms with E-state index in [-0.39, 0.29) is 0 Å². The Hall–Kier alpha value is -0.540. The minimum Gasteiger partial charge on any atom is -0.398 e. The molecule has 3 heteroatoms. The lowest BCUT2D eigenvalue weighted by molar-refractivity contribution is 0.367. The first-order chi connectivity index (χ1) is 6.49. The number of nitrogen functional groups attached to an aromatic ring is 1. The first kappa shape index (κ1) is 11.5. The molecular weight excluding hydrogens is 192 g/mol. The van der Waals surface area contributed by atoms with Crippen LogP contribution in [0.25, 0.3) is 0 Å². The predicted octanol–water partition coefficient (Wildman–Crippen LogP) is 2.86. The van der Waals surface area contributed by atoms with Gasteiger partial charge >= 0.3 is 0 Å². The van der Waals surface area contributed by atoms with E-state index >= 15 is 0 Å². The van der Waals surface area contributed by atoms with Gasteiger partial charge in [0.25, 0.3) is 0 Å². The molecule has 0 atom stereocenters. The molecule has 0 bridgehead atoms. The van der Waals surface area contributed by atoms with Gasteiger partial charge in [0.1, 0.15) is 0 Å². The van der Waals surface area contributed by atoms with Gasteiger partial charge in [0.2, 0.25) is 0 Å². The minimum absolute atomic E-state index is 0.411. The molecule has 0 aliphatic heterocycles. The third kappa shape index (κ3) is 4.11. The molecule has 0 aromatic carbocycles. The van der Waals surface area contributed by atoms with E-state index in [0.717, 1.165) is 18.8 Å². The summed E-state index contributed by atoms with van der Waals surface area (Å²) < 4.78 is 0. The molecule has 0 aliphatic carbocycles. The first-order valence-corrected chi connectivity index (χ1v) is 5.89. The molecule has 3 N–H and O–H groups in total. The van der Waals surface area contributed by atoms with Crippen LogP contribution in [0.3, 0.4) is 0 Å². The van der Waals surface area contributed by atoms with Crippen LogP contribution in [0.4, 0.5) is 5.69 Å². The maximum Gasteiger partial charge on any atom is 0.0468 e. The third-order valence-corrected chi connectivity index (χ3v) is 3.05. The van der Waals surface area contributed by atoms with E-state index in [9.17, 15) is 0 Å². The van der Waals surface area contributed by atoms with E-state index in [4.69, 9.17) is 5.73 Å². The quantitative estimate of drug-likeness (QED) is 0.753. The Labute approximate surface area is 90.5 Å². The van der Waals surface area contributed by atoms with Crippen molar-refractivity contribution in [2.45, 2.75) is 33.7 Å². The van der Waals surface area contributed by atoms with E-state index < -0.39 is 0 Å². The molecule has 0 saturated heterocycles. The number of thiophene rings is 1. The zero-order chi connectivity index (χ0) is 10.6. The summed E-state index contributed by atoms with van der Waals surface area (Å²) in [6.45, 7) is 8.73. The van der Waals surface area contributed by atoms with Crippen LogP contribution in [0.2, 0.25) is 0 Å². The number of hydrogen-bond donors (Lipinski definition) is 2. The molecule has 1 aromatic rings. The standard InChI is InChI=1S/C11H20N2S/c1-11(2,3)5-6-13-8-10-9(12)4-7-14-10/h4,7,13H,5-6,8,12H2,1-3H3. The fourth-order valence-corrected chi connectivity index (χ4v) is 1.93. The van der Waals surface area contributed by atoms with Gasteiger partial charge in [0, 0.05) is 17.1 Å². The van der Waals surface area contributed by atoms with Crippen molar-refractivity contribution in [1.29, 1.82) is 0 Å². The number of nitrogens with one attached hydrogen (secondary N) is 1. The summed E-state index contributed by atoms with van der Waals surface area (Å²) in [6, 6.07) is 1.96. The summed E-state index contributed by atoms with van der Waals surface area (Å²) in [5, 5.41) is 5.45. The maximum absolute atomic E-state index is 5.78. The molecule has 0 unspecified atom stereocenters. The van der Waals surface area contributed by atoms with Crippen LogP contribution in [0, 0.1) is 5.41 Å². The largest absolute Gasteiger partial charge is 0.398 e. The SMILES string of the molecule is CC(C)(C)CCNCc1sccc1N. The highest BCUT2D eigenvalue weighted by atomic mass is 32.1. The molecule has 1 rings (SSSR count). The van der Waals surface area contributed by atoms with E-state index in [1.165, 1.54) is 11.3 Å². The highest BCUT2D eigenvalue weighted by molar-refractivity contribution is 7.10. The molecule has 14 heavy (non-hydrogen) atoms. The van der Waals surface area contributed by atoms with Gasteiger partial charge in [-0.1, -0.05) is 20.8 Å². The number of rotatable bonds is 4. The second-order valence-electron chi connectivity index (χ2n) is 4.79. The Balaban J connectivity index is 2.20. The summed E-state index contributed by atoms with van der Waals surface area (Å²) in [5.41, 5.74) is 7.10. The number of nitrogens with two attached hydrogens (primary N) is 1. The van der Waals surface area contributed by atoms with Gasteiger partial charge in [0.05, 0.1) is 0 Å². The highest BCUT2D eigenvalue weighted by Gasteiger charge is 2.09. The van der Waals surface area contributed by atoms with Gasteiger partial charge in [-0.05, 0) is 29.8 Å².